The summed E-state index contributed by atoms with van der Waals surface area (Å²) in [6.45, 7) is 5.35. The lowest BCUT2D eigenvalue weighted by molar-refractivity contribution is -0.134. The number of aliphatic hydroxyl groups excluding tert-OH is 1. The lowest BCUT2D eigenvalue weighted by Crippen LogP contribution is -2.33. The number of aliphatic hydroxyl groups is 1. The van der Waals surface area contributed by atoms with E-state index in [1.165, 1.54) is 25.7 Å². The van der Waals surface area contributed by atoms with Gasteiger partial charge in [0.15, 0.2) is 0 Å². The molecule has 0 aliphatic carbocycles. The first kappa shape index (κ1) is 20.9. The van der Waals surface area contributed by atoms with Gasteiger partial charge in [0.2, 0.25) is 5.91 Å². The van der Waals surface area contributed by atoms with Crippen LogP contribution >= 0.6 is 0 Å². The van der Waals surface area contributed by atoms with Gasteiger partial charge >= 0.3 is 0 Å². The Hall–Kier alpha value is -1.42. The second-order valence-corrected chi connectivity index (χ2v) is 7.89. The van der Waals surface area contributed by atoms with Crippen molar-refractivity contribution in [3.05, 3.63) is 30.1 Å². The SMILES string of the molecule is CCC(C)CCCCCCC(O)CC(=O)N1CCCC1c1cccnc1. The summed E-state index contributed by atoms with van der Waals surface area (Å²) in [6.07, 6.45) is 13.4. The van der Waals surface area contributed by atoms with Crippen molar-refractivity contribution in [3.63, 3.8) is 0 Å². The number of carbonyl (C=O) groups excluding carboxylic acids is 1. The largest absolute Gasteiger partial charge is 0.393 e. The number of unbranched alkanes of at least 4 members (excludes halogenated alkanes) is 3. The summed E-state index contributed by atoms with van der Waals surface area (Å²) in [4.78, 5) is 18.7. The van der Waals surface area contributed by atoms with E-state index in [1.54, 1.807) is 6.20 Å². The first-order valence-electron chi connectivity index (χ1n) is 10.5. The van der Waals surface area contributed by atoms with E-state index in [4.69, 9.17) is 0 Å². The minimum Gasteiger partial charge on any atom is -0.393 e. The lowest BCUT2D eigenvalue weighted by Gasteiger charge is -2.26. The number of rotatable bonds is 11. The van der Waals surface area contributed by atoms with Crippen LogP contribution < -0.4 is 0 Å². The summed E-state index contributed by atoms with van der Waals surface area (Å²) < 4.78 is 0. The maximum absolute atomic E-state index is 12.6. The number of carbonyl (C=O) groups is 1. The van der Waals surface area contributed by atoms with Gasteiger partial charge in [-0.2, -0.15) is 0 Å². The Morgan fingerprint density at radius 3 is 2.77 bits per heavy atom. The van der Waals surface area contributed by atoms with Crippen LogP contribution in [0, 0.1) is 5.92 Å². The summed E-state index contributed by atoms with van der Waals surface area (Å²) in [5, 5.41) is 10.3. The van der Waals surface area contributed by atoms with E-state index in [-0.39, 0.29) is 18.4 Å². The maximum Gasteiger partial charge on any atom is 0.225 e. The standard InChI is InChI=1S/C22H36N2O2/c1-3-18(2)10-6-4-5-7-12-20(25)16-22(26)24-15-9-13-21(24)19-11-8-14-23-17-19/h8,11,14,17-18,20-21,25H,3-7,9-10,12-13,15-16H2,1-2H3. The molecule has 1 N–H and O–H groups in total. The van der Waals surface area contributed by atoms with Crippen molar-refractivity contribution in [2.24, 2.45) is 5.92 Å². The molecule has 3 atom stereocenters. The van der Waals surface area contributed by atoms with E-state index in [1.807, 2.05) is 23.2 Å². The zero-order chi connectivity index (χ0) is 18.8. The van der Waals surface area contributed by atoms with Crippen molar-refractivity contribution in [1.82, 2.24) is 9.88 Å². The molecule has 2 heterocycles. The minimum atomic E-state index is -0.507. The molecule has 1 saturated heterocycles. The predicted octanol–water partition coefficient (Wildman–Crippen LogP) is 4.88. The monoisotopic (exact) mass is 360 g/mol. The van der Waals surface area contributed by atoms with Gasteiger partial charge in [-0.1, -0.05) is 58.4 Å². The van der Waals surface area contributed by atoms with Crippen molar-refractivity contribution in [3.8, 4) is 0 Å². The Bertz CT molecular complexity index is 520. The van der Waals surface area contributed by atoms with E-state index in [9.17, 15) is 9.90 Å². The fraction of sp³-hybridized carbons (Fsp3) is 0.727. The molecule has 1 aliphatic rings. The van der Waals surface area contributed by atoms with E-state index < -0.39 is 6.10 Å². The minimum absolute atomic E-state index is 0.0839. The average Bonchev–Trinajstić information content (AvgIpc) is 3.15. The van der Waals surface area contributed by atoms with Crippen molar-refractivity contribution < 1.29 is 9.90 Å². The van der Waals surface area contributed by atoms with Crippen LogP contribution in [0.15, 0.2) is 24.5 Å². The normalized spacial score (nSPS) is 19.5. The van der Waals surface area contributed by atoms with Crippen LogP contribution in [0.1, 0.15) is 89.7 Å². The number of likely N-dealkylation sites (tertiary alicyclic amines) is 1. The number of hydrogen-bond donors (Lipinski definition) is 1. The second kappa shape index (κ2) is 11.3. The molecule has 1 amide bonds. The average molecular weight is 361 g/mol. The van der Waals surface area contributed by atoms with Gasteiger partial charge in [-0.15, -0.1) is 0 Å². The van der Waals surface area contributed by atoms with Crippen molar-refractivity contribution in [1.29, 1.82) is 0 Å². The van der Waals surface area contributed by atoms with Crippen LogP contribution in [-0.2, 0) is 4.79 Å². The first-order valence-corrected chi connectivity index (χ1v) is 10.5. The van der Waals surface area contributed by atoms with Crippen LogP contribution in [0.2, 0.25) is 0 Å². The highest BCUT2D eigenvalue weighted by molar-refractivity contribution is 5.77. The first-order chi connectivity index (χ1) is 12.6. The smallest absolute Gasteiger partial charge is 0.225 e. The second-order valence-electron chi connectivity index (χ2n) is 7.89. The fourth-order valence-corrected chi connectivity index (χ4v) is 3.84. The molecular weight excluding hydrogens is 324 g/mol. The quantitative estimate of drug-likeness (QED) is 0.572. The molecule has 26 heavy (non-hydrogen) atoms. The molecule has 2 rings (SSSR count). The number of hydrogen-bond acceptors (Lipinski definition) is 3. The third-order valence-electron chi connectivity index (χ3n) is 5.73. The van der Waals surface area contributed by atoms with Gasteiger partial charge in [0.05, 0.1) is 18.6 Å². The number of amides is 1. The van der Waals surface area contributed by atoms with Crippen molar-refractivity contribution >= 4 is 5.91 Å². The van der Waals surface area contributed by atoms with E-state index in [2.05, 4.69) is 18.8 Å². The van der Waals surface area contributed by atoms with Crippen molar-refractivity contribution in [2.75, 3.05) is 6.54 Å². The van der Waals surface area contributed by atoms with Gasteiger partial charge in [-0.25, -0.2) is 0 Å². The van der Waals surface area contributed by atoms with E-state index >= 15 is 0 Å². The molecule has 0 bridgehead atoms. The van der Waals surface area contributed by atoms with Gasteiger partial charge in [0.25, 0.3) is 0 Å². The van der Waals surface area contributed by atoms with Crippen molar-refractivity contribution in [2.45, 2.75) is 90.2 Å². The van der Waals surface area contributed by atoms with E-state index in [0.717, 1.165) is 50.1 Å². The summed E-state index contributed by atoms with van der Waals surface area (Å²) in [7, 11) is 0. The van der Waals surface area contributed by atoms with Crippen LogP contribution in [0.5, 0.6) is 0 Å². The summed E-state index contributed by atoms with van der Waals surface area (Å²) >= 11 is 0. The number of aromatic nitrogens is 1. The number of nitrogens with zero attached hydrogens (tertiary/aromatic N) is 2. The lowest BCUT2D eigenvalue weighted by atomic mass is 9.99. The van der Waals surface area contributed by atoms with Gasteiger partial charge in [0.1, 0.15) is 0 Å². The molecule has 4 nitrogen and oxygen atoms in total. The fourth-order valence-electron chi connectivity index (χ4n) is 3.84. The molecule has 146 valence electrons. The van der Waals surface area contributed by atoms with Crippen LogP contribution in [-0.4, -0.2) is 33.5 Å². The zero-order valence-corrected chi connectivity index (χ0v) is 16.6. The zero-order valence-electron chi connectivity index (χ0n) is 16.6. The highest BCUT2D eigenvalue weighted by atomic mass is 16.3. The summed E-state index contributed by atoms with van der Waals surface area (Å²) in [5.74, 6) is 0.909. The Morgan fingerprint density at radius 2 is 2.08 bits per heavy atom. The Kier molecular flexibility index (Phi) is 9.10. The van der Waals surface area contributed by atoms with Gasteiger partial charge < -0.3 is 10.0 Å². The Morgan fingerprint density at radius 1 is 1.31 bits per heavy atom. The molecule has 4 heteroatoms. The van der Waals surface area contributed by atoms with Gasteiger partial charge in [-0.3, -0.25) is 9.78 Å². The summed E-state index contributed by atoms with van der Waals surface area (Å²) in [6, 6.07) is 4.09. The molecular formula is C22H36N2O2. The summed E-state index contributed by atoms with van der Waals surface area (Å²) in [5.41, 5.74) is 1.11. The highest BCUT2D eigenvalue weighted by Crippen LogP contribution is 2.32. The molecule has 3 unspecified atom stereocenters. The molecule has 1 aromatic rings. The van der Waals surface area contributed by atoms with Crippen LogP contribution in [0.3, 0.4) is 0 Å². The Labute approximate surface area is 159 Å². The predicted molar refractivity (Wildman–Crippen MR) is 106 cm³/mol. The molecule has 0 saturated carbocycles. The molecule has 0 aromatic carbocycles. The van der Waals surface area contributed by atoms with E-state index in [0.29, 0.717) is 0 Å². The van der Waals surface area contributed by atoms with Crippen LogP contribution in [0.4, 0.5) is 0 Å². The van der Waals surface area contributed by atoms with Crippen LogP contribution in [0.25, 0.3) is 0 Å². The highest BCUT2D eigenvalue weighted by Gasteiger charge is 2.30. The third kappa shape index (κ3) is 6.71. The molecule has 1 fully saturated rings. The third-order valence-corrected chi connectivity index (χ3v) is 5.73. The maximum atomic E-state index is 12.6. The molecule has 1 aliphatic heterocycles. The number of pyridine rings is 1. The van der Waals surface area contributed by atoms with Gasteiger partial charge in [0, 0.05) is 18.9 Å². The molecule has 0 spiro atoms. The Balaban J connectivity index is 1.66. The molecule has 0 radical (unpaired) electrons. The van der Waals surface area contributed by atoms with Gasteiger partial charge in [-0.05, 0) is 36.8 Å². The molecule has 1 aromatic heterocycles. The topological polar surface area (TPSA) is 53.4 Å².